The van der Waals surface area contributed by atoms with Gasteiger partial charge in [-0.05, 0) is 72.8 Å². The third-order valence-electron chi connectivity index (χ3n) is 7.77. The van der Waals surface area contributed by atoms with Gasteiger partial charge in [0.1, 0.15) is 5.75 Å². The fraction of sp³-hybridized carbons (Fsp3) is 0.423. The molecule has 1 aromatic heterocycles. The van der Waals surface area contributed by atoms with Crippen LogP contribution in [-0.4, -0.2) is 27.9 Å². The highest BCUT2D eigenvalue weighted by molar-refractivity contribution is 7.80. The Morgan fingerprint density at radius 2 is 2.00 bits per heavy atom. The van der Waals surface area contributed by atoms with Crippen LogP contribution < -0.4 is 9.50 Å². The van der Waals surface area contributed by atoms with Crippen LogP contribution in [0.15, 0.2) is 58.8 Å². The summed E-state index contributed by atoms with van der Waals surface area (Å²) in [5.41, 5.74) is 0.844. The van der Waals surface area contributed by atoms with Crippen molar-refractivity contribution in [1.82, 2.24) is 5.32 Å². The molecule has 2 bridgehead atoms. The number of amides is 1. The quantitative estimate of drug-likeness (QED) is 0.486. The molecule has 5 nitrogen and oxygen atoms in total. The van der Waals surface area contributed by atoms with Crippen molar-refractivity contribution in [3.8, 4) is 5.75 Å². The number of carbonyl (C=O) groups excluding carboxylic acids is 1. The normalized spacial score (nSPS) is 26.4. The predicted octanol–water partition coefficient (Wildman–Crippen LogP) is 5.17. The molecule has 0 radical (unpaired) electrons. The van der Waals surface area contributed by atoms with Crippen LogP contribution in [0.5, 0.6) is 5.75 Å². The van der Waals surface area contributed by atoms with E-state index in [9.17, 15) is 14.1 Å². The molecule has 2 aromatic carbocycles. The SMILES string of the molecule is CC1(C)[C@@H]2C[C@H](CCO)C(NC(=O)c3csc4ccc(OS(=O)c5ccccc5)cc34)[C@H]1C2. The molecule has 3 fully saturated rings. The molecule has 33 heavy (non-hydrogen) atoms. The molecule has 1 amide bonds. The van der Waals surface area contributed by atoms with Gasteiger partial charge in [-0.3, -0.25) is 4.79 Å². The maximum absolute atomic E-state index is 13.4. The second-order valence-corrected chi connectivity index (χ2v) is 11.8. The van der Waals surface area contributed by atoms with Gasteiger partial charge >= 0.3 is 0 Å². The Bertz CT molecular complexity index is 1190. The van der Waals surface area contributed by atoms with Crippen LogP contribution in [0, 0.1) is 23.2 Å². The average molecular weight is 484 g/mol. The minimum Gasteiger partial charge on any atom is -0.397 e. The van der Waals surface area contributed by atoms with Crippen LogP contribution >= 0.6 is 11.3 Å². The van der Waals surface area contributed by atoms with Gasteiger partial charge in [0.05, 0.1) is 10.5 Å². The minimum absolute atomic E-state index is 0.0737. The van der Waals surface area contributed by atoms with Gasteiger partial charge in [-0.1, -0.05) is 32.0 Å². The molecule has 174 valence electrons. The summed E-state index contributed by atoms with van der Waals surface area (Å²) in [7, 11) is 0. The first kappa shape index (κ1) is 22.6. The molecule has 0 saturated heterocycles. The minimum atomic E-state index is -1.62. The van der Waals surface area contributed by atoms with Crippen molar-refractivity contribution >= 4 is 38.4 Å². The predicted molar refractivity (Wildman–Crippen MR) is 132 cm³/mol. The second-order valence-electron chi connectivity index (χ2n) is 9.81. The molecular formula is C26H29NO4S2. The van der Waals surface area contributed by atoms with E-state index in [2.05, 4.69) is 19.2 Å². The standard InChI is InChI=1S/C26H29NO4S2/c1-26(2)17-12-16(10-11-28)24(22(26)13-17)27-25(29)21-15-32-23-9-8-18(14-20(21)23)31-33(30)19-6-4-3-5-7-19/h3-9,14-17,22,24,28H,10-13H2,1-2H3,(H,27,29)/t16-,17+,22+,24?,33?/m0/s1. The van der Waals surface area contributed by atoms with Crippen molar-refractivity contribution in [1.29, 1.82) is 0 Å². The van der Waals surface area contributed by atoms with Gasteiger partial charge in [-0.2, -0.15) is 0 Å². The van der Waals surface area contributed by atoms with Gasteiger partial charge in [-0.25, -0.2) is 4.21 Å². The highest BCUT2D eigenvalue weighted by Gasteiger charge is 2.57. The van der Waals surface area contributed by atoms with E-state index in [1.807, 2.05) is 29.6 Å². The lowest BCUT2D eigenvalue weighted by Gasteiger charge is -2.62. The van der Waals surface area contributed by atoms with E-state index in [4.69, 9.17) is 4.18 Å². The molecule has 6 rings (SSSR count). The molecule has 1 heterocycles. The van der Waals surface area contributed by atoms with E-state index in [0.29, 0.717) is 34.0 Å². The molecule has 5 atom stereocenters. The van der Waals surface area contributed by atoms with Gasteiger partial charge < -0.3 is 14.6 Å². The molecule has 2 unspecified atom stereocenters. The zero-order chi connectivity index (χ0) is 23.2. The fourth-order valence-electron chi connectivity index (χ4n) is 5.72. The van der Waals surface area contributed by atoms with E-state index in [-0.39, 0.29) is 24.0 Å². The number of hydrogen-bond donors (Lipinski definition) is 2. The topological polar surface area (TPSA) is 75.6 Å². The van der Waals surface area contributed by atoms with Crippen LogP contribution in [0.25, 0.3) is 10.1 Å². The number of aliphatic hydroxyl groups excluding tert-OH is 1. The van der Waals surface area contributed by atoms with Crippen molar-refractivity contribution in [2.45, 2.75) is 44.0 Å². The van der Waals surface area contributed by atoms with Crippen molar-refractivity contribution < 1.29 is 18.3 Å². The van der Waals surface area contributed by atoms with Gasteiger partial charge in [0.2, 0.25) is 11.1 Å². The molecule has 0 aliphatic heterocycles. The lowest BCUT2D eigenvalue weighted by molar-refractivity contribution is -0.114. The van der Waals surface area contributed by atoms with E-state index in [1.54, 1.807) is 24.3 Å². The molecule has 2 N–H and O–H groups in total. The molecule has 0 spiro atoms. The smallest absolute Gasteiger partial charge is 0.252 e. The molecule has 3 aromatic rings. The Hall–Kier alpha value is -2.22. The molecular weight excluding hydrogens is 454 g/mol. The molecule has 3 saturated carbocycles. The summed E-state index contributed by atoms with van der Waals surface area (Å²) in [6.45, 7) is 4.75. The number of benzene rings is 2. The van der Waals surface area contributed by atoms with E-state index >= 15 is 0 Å². The summed E-state index contributed by atoms with van der Waals surface area (Å²) in [6.07, 6.45) is 2.93. The third-order valence-corrected chi connectivity index (χ3v) is 9.73. The monoisotopic (exact) mass is 483 g/mol. The van der Waals surface area contributed by atoms with Crippen LogP contribution in [0.2, 0.25) is 0 Å². The Kier molecular flexibility index (Phi) is 6.05. The summed E-state index contributed by atoms with van der Waals surface area (Å²) < 4.78 is 19.2. The Balaban J connectivity index is 1.37. The van der Waals surface area contributed by atoms with Crippen molar-refractivity contribution in [2.24, 2.45) is 23.2 Å². The van der Waals surface area contributed by atoms with Gasteiger partial charge in [0.25, 0.3) is 5.91 Å². The van der Waals surface area contributed by atoms with Gasteiger partial charge in [0.15, 0.2) is 0 Å². The fourth-order valence-corrected chi connectivity index (χ4v) is 7.40. The first-order valence-electron chi connectivity index (χ1n) is 11.5. The number of nitrogens with one attached hydrogen (secondary N) is 1. The van der Waals surface area contributed by atoms with Gasteiger partial charge in [0, 0.05) is 28.1 Å². The summed E-state index contributed by atoms with van der Waals surface area (Å²) in [4.78, 5) is 14.0. The van der Waals surface area contributed by atoms with Crippen LogP contribution in [0.1, 0.15) is 43.5 Å². The number of hydrogen-bond acceptors (Lipinski definition) is 5. The summed E-state index contributed by atoms with van der Waals surface area (Å²) in [5.74, 6) is 1.81. The molecule has 3 aliphatic carbocycles. The highest BCUT2D eigenvalue weighted by Crippen LogP contribution is 2.61. The van der Waals surface area contributed by atoms with E-state index in [1.165, 1.54) is 11.3 Å². The number of thiophene rings is 1. The van der Waals surface area contributed by atoms with Crippen LogP contribution in [0.4, 0.5) is 0 Å². The first-order chi connectivity index (χ1) is 15.9. The first-order valence-corrected chi connectivity index (χ1v) is 13.4. The third kappa shape index (κ3) is 4.11. The number of fused-ring (bicyclic) bond motifs is 3. The summed E-state index contributed by atoms with van der Waals surface area (Å²) in [5, 5.41) is 15.6. The van der Waals surface area contributed by atoms with Crippen molar-refractivity contribution in [2.75, 3.05) is 6.61 Å². The summed E-state index contributed by atoms with van der Waals surface area (Å²) >= 11 is -0.107. The Labute approximate surface area is 200 Å². The van der Waals surface area contributed by atoms with Crippen molar-refractivity contribution in [3.05, 3.63) is 59.5 Å². The average Bonchev–Trinajstić information content (AvgIpc) is 3.24. The Morgan fingerprint density at radius 1 is 1.21 bits per heavy atom. The zero-order valence-electron chi connectivity index (χ0n) is 18.8. The second kappa shape index (κ2) is 8.85. The lowest BCUT2D eigenvalue weighted by Crippen LogP contribution is -2.63. The highest BCUT2D eigenvalue weighted by atomic mass is 32.2. The van der Waals surface area contributed by atoms with Gasteiger partial charge in [-0.15, -0.1) is 11.3 Å². The van der Waals surface area contributed by atoms with Crippen LogP contribution in [-0.2, 0) is 11.1 Å². The van der Waals surface area contributed by atoms with Crippen molar-refractivity contribution in [3.63, 3.8) is 0 Å². The lowest BCUT2D eigenvalue weighted by atomic mass is 9.44. The number of carbonyl (C=O) groups is 1. The molecule has 3 aliphatic rings. The van der Waals surface area contributed by atoms with Crippen LogP contribution in [0.3, 0.4) is 0 Å². The maximum atomic E-state index is 13.4. The summed E-state index contributed by atoms with van der Waals surface area (Å²) in [6, 6.07) is 14.6. The number of rotatable bonds is 7. The van der Waals surface area contributed by atoms with E-state index in [0.717, 1.165) is 29.3 Å². The number of aliphatic hydroxyl groups is 1. The van der Waals surface area contributed by atoms with E-state index < -0.39 is 11.1 Å². The molecule has 7 heteroatoms. The Morgan fingerprint density at radius 3 is 2.73 bits per heavy atom. The zero-order valence-corrected chi connectivity index (χ0v) is 20.5. The maximum Gasteiger partial charge on any atom is 0.252 e. The largest absolute Gasteiger partial charge is 0.397 e.